The molecule has 0 heterocycles. The zero-order chi connectivity index (χ0) is 11.5. The summed E-state index contributed by atoms with van der Waals surface area (Å²) in [6, 6.07) is 3.61. The third-order valence-electron chi connectivity index (χ3n) is 1.94. The van der Waals surface area contributed by atoms with Gasteiger partial charge in [-0.25, -0.2) is 0 Å². The minimum Gasteiger partial charge on any atom is -0.298 e. The molecule has 0 N–H and O–H groups in total. The van der Waals surface area contributed by atoms with Crippen molar-refractivity contribution in [2.45, 2.75) is 12.6 Å². The van der Waals surface area contributed by atoms with Crippen molar-refractivity contribution < 1.29 is 18.0 Å². The summed E-state index contributed by atoms with van der Waals surface area (Å²) in [6.07, 6.45) is -3.71. The minimum absolute atomic E-state index is 0.0423. The molecule has 1 aromatic rings. The normalized spacial score (nSPS) is 11.5. The molecular formula is C10H8BrF3O. The lowest BCUT2D eigenvalue weighted by Crippen LogP contribution is -2.10. The highest BCUT2D eigenvalue weighted by atomic mass is 79.9. The van der Waals surface area contributed by atoms with Crippen molar-refractivity contribution in [3.05, 3.63) is 34.9 Å². The number of hydrogen-bond donors (Lipinski definition) is 0. The lowest BCUT2D eigenvalue weighted by atomic mass is 10.0. The molecule has 0 aliphatic rings. The van der Waals surface area contributed by atoms with Gasteiger partial charge >= 0.3 is 6.18 Å². The molecule has 0 atom stereocenters. The number of aryl methyl sites for hydroxylation is 1. The topological polar surface area (TPSA) is 17.1 Å². The molecule has 1 rings (SSSR count). The van der Waals surface area contributed by atoms with Crippen LogP contribution in [0.15, 0.2) is 18.2 Å². The van der Waals surface area contributed by atoms with Crippen LogP contribution in [0.5, 0.6) is 0 Å². The summed E-state index contributed by atoms with van der Waals surface area (Å²) in [4.78, 5) is 10.4. The van der Waals surface area contributed by atoms with Crippen LogP contribution in [0.1, 0.15) is 21.5 Å². The standard InChI is InChI=1S/C10H8BrF3O/c11-4-3-8-2-1-7(6-15)5-9(8)10(12,13)14/h1-2,5-6H,3-4H2. The molecule has 0 saturated carbocycles. The van der Waals surface area contributed by atoms with Crippen LogP contribution in [-0.2, 0) is 12.6 Å². The van der Waals surface area contributed by atoms with E-state index in [0.29, 0.717) is 11.6 Å². The summed E-state index contributed by atoms with van der Waals surface area (Å²) in [6.45, 7) is 0. The highest BCUT2D eigenvalue weighted by molar-refractivity contribution is 9.09. The fraction of sp³-hybridized carbons (Fsp3) is 0.300. The minimum atomic E-state index is -4.41. The summed E-state index contributed by atoms with van der Waals surface area (Å²) in [5, 5.41) is 0.455. The van der Waals surface area contributed by atoms with Gasteiger partial charge in [0.25, 0.3) is 0 Å². The van der Waals surface area contributed by atoms with Gasteiger partial charge in [-0.2, -0.15) is 13.2 Å². The predicted molar refractivity (Wildman–Crippen MR) is 54.3 cm³/mol. The van der Waals surface area contributed by atoms with Gasteiger partial charge in [0.2, 0.25) is 0 Å². The second-order valence-electron chi connectivity index (χ2n) is 2.97. The van der Waals surface area contributed by atoms with Gasteiger partial charge in [-0.1, -0.05) is 28.1 Å². The summed E-state index contributed by atoms with van der Waals surface area (Å²) in [5.41, 5.74) is -0.489. The molecule has 82 valence electrons. The molecule has 1 nitrogen and oxygen atoms in total. The van der Waals surface area contributed by atoms with Crippen molar-refractivity contribution in [3.63, 3.8) is 0 Å². The number of benzene rings is 1. The second-order valence-corrected chi connectivity index (χ2v) is 3.76. The fourth-order valence-electron chi connectivity index (χ4n) is 1.25. The number of carbonyl (C=O) groups is 1. The van der Waals surface area contributed by atoms with Gasteiger partial charge < -0.3 is 0 Å². The second kappa shape index (κ2) is 4.79. The number of carbonyl (C=O) groups excluding carboxylic acids is 1. The molecule has 0 aromatic heterocycles. The van der Waals surface area contributed by atoms with E-state index in [1.165, 1.54) is 12.1 Å². The van der Waals surface area contributed by atoms with E-state index in [9.17, 15) is 18.0 Å². The van der Waals surface area contributed by atoms with Crippen molar-refractivity contribution in [1.29, 1.82) is 0 Å². The summed E-state index contributed by atoms with van der Waals surface area (Å²) in [7, 11) is 0. The van der Waals surface area contributed by atoms with Crippen LogP contribution in [0.3, 0.4) is 0 Å². The van der Waals surface area contributed by atoms with E-state index < -0.39 is 11.7 Å². The summed E-state index contributed by atoms with van der Waals surface area (Å²) >= 11 is 3.09. The molecule has 0 aliphatic carbocycles. The van der Waals surface area contributed by atoms with Crippen LogP contribution in [0.2, 0.25) is 0 Å². The molecule has 0 fully saturated rings. The Morgan fingerprint density at radius 2 is 2.00 bits per heavy atom. The van der Waals surface area contributed by atoms with Crippen molar-refractivity contribution in [2.24, 2.45) is 0 Å². The highest BCUT2D eigenvalue weighted by Gasteiger charge is 2.33. The highest BCUT2D eigenvalue weighted by Crippen LogP contribution is 2.32. The molecule has 0 radical (unpaired) electrons. The summed E-state index contributed by atoms with van der Waals surface area (Å²) < 4.78 is 37.7. The SMILES string of the molecule is O=Cc1ccc(CCBr)c(C(F)(F)F)c1. The van der Waals surface area contributed by atoms with Crippen molar-refractivity contribution in [1.82, 2.24) is 0 Å². The van der Waals surface area contributed by atoms with Gasteiger partial charge in [-0.05, 0) is 18.1 Å². The van der Waals surface area contributed by atoms with Gasteiger partial charge in [0.05, 0.1) is 5.56 Å². The Bertz CT molecular complexity index is 360. The quantitative estimate of drug-likeness (QED) is 0.612. The maximum absolute atomic E-state index is 12.6. The molecule has 1 aromatic carbocycles. The van der Waals surface area contributed by atoms with Gasteiger partial charge in [0.1, 0.15) is 6.29 Å². The third kappa shape index (κ3) is 3.06. The van der Waals surface area contributed by atoms with Gasteiger partial charge in [0.15, 0.2) is 0 Å². The largest absolute Gasteiger partial charge is 0.416 e. The van der Waals surface area contributed by atoms with Crippen LogP contribution in [-0.4, -0.2) is 11.6 Å². The lowest BCUT2D eigenvalue weighted by molar-refractivity contribution is -0.138. The van der Waals surface area contributed by atoms with Crippen molar-refractivity contribution >= 4 is 22.2 Å². The number of hydrogen-bond acceptors (Lipinski definition) is 1. The van der Waals surface area contributed by atoms with Crippen LogP contribution in [0, 0.1) is 0 Å². The molecule has 0 aliphatic heterocycles. The zero-order valence-corrected chi connectivity index (χ0v) is 9.23. The van der Waals surface area contributed by atoms with E-state index in [4.69, 9.17) is 0 Å². The Labute approximate surface area is 93.4 Å². The predicted octanol–water partition coefficient (Wildman–Crippen LogP) is 3.46. The van der Waals surface area contributed by atoms with Crippen LogP contribution in [0.4, 0.5) is 13.2 Å². The smallest absolute Gasteiger partial charge is 0.298 e. The van der Waals surface area contributed by atoms with E-state index in [-0.39, 0.29) is 17.5 Å². The van der Waals surface area contributed by atoms with Crippen LogP contribution < -0.4 is 0 Å². The number of alkyl halides is 4. The maximum atomic E-state index is 12.6. The molecule has 15 heavy (non-hydrogen) atoms. The maximum Gasteiger partial charge on any atom is 0.416 e. The van der Waals surface area contributed by atoms with Gasteiger partial charge in [-0.3, -0.25) is 4.79 Å². The molecule has 0 spiro atoms. The lowest BCUT2D eigenvalue weighted by Gasteiger charge is -2.12. The van der Waals surface area contributed by atoms with Crippen LogP contribution >= 0.6 is 15.9 Å². The van der Waals surface area contributed by atoms with Crippen molar-refractivity contribution in [2.75, 3.05) is 5.33 Å². The Morgan fingerprint density at radius 3 is 2.47 bits per heavy atom. The zero-order valence-electron chi connectivity index (χ0n) is 7.64. The average molecular weight is 281 g/mol. The first kappa shape index (κ1) is 12.2. The Morgan fingerprint density at radius 1 is 1.33 bits per heavy atom. The van der Waals surface area contributed by atoms with E-state index in [1.54, 1.807) is 0 Å². The third-order valence-corrected chi connectivity index (χ3v) is 2.34. The number of rotatable bonds is 3. The molecule has 0 amide bonds. The van der Waals surface area contributed by atoms with Crippen molar-refractivity contribution in [3.8, 4) is 0 Å². The number of aldehydes is 1. The van der Waals surface area contributed by atoms with E-state index in [1.807, 2.05) is 0 Å². The average Bonchev–Trinajstić information content (AvgIpc) is 2.17. The Balaban J connectivity index is 3.22. The first-order valence-electron chi connectivity index (χ1n) is 4.20. The monoisotopic (exact) mass is 280 g/mol. The van der Waals surface area contributed by atoms with Gasteiger partial charge in [0, 0.05) is 10.9 Å². The summed E-state index contributed by atoms with van der Waals surface area (Å²) in [5.74, 6) is 0. The molecule has 0 unspecified atom stereocenters. The molecule has 0 saturated heterocycles. The fourth-order valence-corrected chi connectivity index (χ4v) is 1.68. The molecule has 5 heteroatoms. The van der Waals surface area contributed by atoms with E-state index in [0.717, 1.165) is 6.07 Å². The molecular weight excluding hydrogens is 273 g/mol. The van der Waals surface area contributed by atoms with E-state index >= 15 is 0 Å². The Hall–Kier alpha value is -0.840. The first-order valence-corrected chi connectivity index (χ1v) is 5.32. The van der Waals surface area contributed by atoms with Gasteiger partial charge in [-0.15, -0.1) is 0 Å². The molecule has 0 bridgehead atoms. The van der Waals surface area contributed by atoms with Crippen LogP contribution in [0.25, 0.3) is 0 Å². The number of halogens is 4. The van der Waals surface area contributed by atoms with E-state index in [2.05, 4.69) is 15.9 Å². The first-order chi connectivity index (χ1) is 6.99. The Kier molecular flexibility index (Phi) is 3.90.